The minimum absolute atomic E-state index is 0.711. The van der Waals surface area contributed by atoms with Gasteiger partial charge in [0.2, 0.25) is 0 Å². The highest BCUT2D eigenvalue weighted by atomic mass is 14.8. The van der Waals surface area contributed by atoms with Crippen LogP contribution in [0, 0.1) is 18.3 Å². The molecule has 0 bridgehead atoms. The van der Waals surface area contributed by atoms with Crippen molar-refractivity contribution in [3.05, 3.63) is 0 Å². The minimum atomic E-state index is 0.711. The summed E-state index contributed by atoms with van der Waals surface area (Å²) >= 11 is 0. The molecule has 1 atom stereocenters. The Morgan fingerprint density at radius 1 is 1.42 bits per heavy atom. The van der Waals surface area contributed by atoms with E-state index in [0.29, 0.717) is 6.54 Å². The number of hydrogen-bond donors (Lipinski definition) is 1. The van der Waals surface area contributed by atoms with Crippen molar-refractivity contribution in [2.24, 2.45) is 5.92 Å². The molecule has 0 rings (SSSR count). The molecular formula is C11H21N. The number of nitrogens with one attached hydrogen (secondary N) is 1. The van der Waals surface area contributed by atoms with Gasteiger partial charge in [-0.05, 0) is 18.9 Å². The van der Waals surface area contributed by atoms with Crippen molar-refractivity contribution in [2.45, 2.75) is 39.5 Å². The largest absolute Gasteiger partial charge is 0.306 e. The summed E-state index contributed by atoms with van der Waals surface area (Å²) in [5.41, 5.74) is 0. The lowest BCUT2D eigenvalue weighted by Gasteiger charge is -2.13. The molecule has 12 heavy (non-hydrogen) atoms. The molecule has 1 nitrogen and oxygen atoms in total. The molecule has 70 valence electrons. The second kappa shape index (κ2) is 8.62. The van der Waals surface area contributed by atoms with Crippen molar-refractivity contribution in [1.82, 2.24) is 5.32 Å². The van der Waals surface area contributed by atoms with Gasteiger partial charge < -0.3 is 5.32 Å². The summed E-state index contributed by atoms with van der Waals surface area (Å²) in [4.78, 5) is 0. The summed E-state index contributed by atoms with van der Waals surface area (Å²) in [6.07, 6.45) is 10.4. The van der Waals surface area contributed by atoms with Gasteiger partial charge in [0.25, 0.3) is 0 Å². The van der Waals surface area contributed by atoms with E-state index in [1.165, 1.54) is 25.7 Å². The quantitative estimate of drug-likeness (QED) is 0.453. The zero-order valence-electron chi connectivity index (χ0n) is 8.40. The Bertz CT molecular complexity index is 123. The van der Waals surface area contributed by atoms with Crippen molar-refractivity contribution in [1.29, 1.82) is 0 Å². The highest BCUT2D eigenvalue weighted by Gasteiger charge is 2.03. The maximum Gasteiger partial charge on any atom is 0.0573 e. The molecule has 0 spiro atoms. The SMILES string of the molecule is C#CCNCC(CC)CCCC. The van der Waals surface area contributed by atoms with Crippen molar-refractivity contribution in [3.8, 4) is 12.3 Å². The predicted molar refractivity (Wildman–Crippen MR) is 55.0 cm³/mol. The molecule has 0 fully saturated rings. The first kappa shape index (κ1) is 11.5. The average molecular weight is 167 g/mol. The monoisotopic (exact) mass is 167 g/mol. The molecule has 0 aromatic rings. The smallest absolute Gasteiger partial charge is 0.0573 e. The minimum Gasteiger partial charge on any atom is -0.306 e. The molecule has 1 N–H and O–H groups in total. The lowest BCUT2D eigenvalue weighted by Crippen LogP contribution is -2.22. The maximum absolute atomic E-state index is 5.14. The summed E-state index contributed by atoms with van der Waals surface area (Å²) in [6, 6.07) is 0. The lowest BCUT2D eigenvalue weighted by molar-refractivity contribution is 0.429. The Hall–Kier alpha value is -0.480. The highest BCUT2D eigenvalue weighted by Crippen LogP contribution is 2.10. The van der Waals surface area contributed by atoms with Gasteiger partial charge in [-0.15, -0.1) is 6.42 Å². The van der Waals surface area contributed by atoms with E-state index >= 15 is 0 Å². The Morgan fingerprint density at radius 3 is 2.67 bits per heavy atom. The molecule has 0 heterocycles. The summed E-state index contributed by atoms with van der Waals surface area (Å²) in [5, 5.41) is 3.26. The van der Waals surface area contributed by atoms with Crippen LogP contribution >= 0.6 is 0 Å². The van der Waals surface area contributed by atoms with Crippen molar-refractivity contribution >= 4 is 0 Å². The molecule has 0 radical (unpaired) electrons. The van der Waals surface area contributed by atoms with E-state index < -0.39 is 0 Å². The fourth-order valence-corrected chi connectivity index (χ4v) is 1.29. The van der Waals surface area contributed by atoms with E-state index in [2.05, 4.69) is 25.1 Å². The molecule has 0 aliphatic heterocycles. The Morgan fingerprint density at radius 2 is 2.17 bits per heavy atom. The van der Waals surface area contributed by atoms with Gasteiger partial charge >= 0.3 is 0 Å². The van der Waals surface area contributed by atoms with Crippen molar-refractivity contribution in [3.63, 3.8) is 0 Å². The van der Waals surface area contributed by atoms with E-state index in [9.17, 15) is 0 Å². The summed E-state index contributed by atoms with van der Waals surface area (Å²) in [7, 11) is 0. The number of hydrogen-bond acceptors (Lipinski definition) is 1. The zero-order valence-corrected chi connectivity index (χ0v) is 8.40. The fourth-order valence-electron chi connectivity index (χ4n) is 1.29. The topological polar surface area (TPSA) is 12.0 Å². The van der Waals surface area contributed by atoms with Gasteiger partial charge in [0, 0.05) is 0 Å². The van der Waals surface area contributed by atoms with E-state index in [1.54, 1.807) is 0 Å². The van der Waals surface area contributed by atoms with E-state index in [-0.39, 0.29) is 0 Å². The van der Waals surface area contributed by atoms with Gasteiger partial charge in [0.1, 0.15) is 0 Å². The van der Waals surface area contributed by atoms with Gasteiger partial charge in [-0.3, -0.25) is 0 Å². The average Bonchev–Trinajstić information content (AvgIpc) is 2.11. The van der Waals surface area contributed by atoms with Crippen LogP contribution in [0.1, 0.15) is 39.5 Å². The third-order valence-corrected chi connectivity index (χ3v) is 2.20. The van der Waals surface area contributed by atoms with E-state index in [0.717, 1.165) is 12.5 Å². The molecule has 0 aliphatic carbocycles. The van der Waals surface area contributed by atoms with Crippen LogP contribution in [0.15, 0.2) is 0 Å². The molecule has 0 saturated carbocycles. The Balaban J connectivity index is 3.34. The summed E-state index contributed by atoms with van der Waals surface area (Å²) < 4.78 is 0. The second-order valence-corrected chi connectivity index (χ2v) is 3.25. The zero-order chi connectivity index (χ0) is 9.23. The summed E-state index contributed by atoms with van der Waals surface area (Å²) in [6.45, 7) is 6.28. The molecule has 0 amide bonds. The Kier molecular flexibility index (Phi) is 8.27. The number of unbranched alkanes of at least 4 members (excludes halogenated alkanes) is 1. The van der Waals surface area contributed by atoms with E-state index in [1.807, 2.05) is 0 Å². The normalized spacial score (nSPS) is 12.4. The number of terminal acetylenes is 1. The van der Waals surface area contributed by atoms with E-state index in [4.69, 9.17) is 6.42 Å². The second-order valence-electron chi connectivity index (χ2n) is 3.25. The van der Waals surface area contributed by atoms with Crippen LogP contribution in [0.4, 0.5) is 0 Å². The van der Waals surface area contributed by atoms with Crippen LogP contribution in [0.2, 0.25) is 0 Å². The van der Waals surface area contributed by atoms with Gasteiger partial charge in [0.05, 0.1) is 6.54 Å². The first-order valence-electron chi connectivity index (χ1n) is 4.99. The van der Waals surface area contributed by atoms with Crippen LogP contribution < -0.4 is 5.32 Å². The van der Waals surface area contributed by atoms with Crippen LogP contribution in [-0.4, -0.2) is 13.1 Å². The first-order valence-corrected chi connectivity index (χ1v) is 4.99. The molecule has 1 heteroatoms. The fraction of sp³-hybridized carbons (Fsp3) is 0.818. The summed E-state index contributed by atoms with van der Waals surface area (Å²) in [5.74, 6) is 3.41. The van der Waals surface area contributed by atoms with Gasteiger partial charge in [0.15, 0.2) is 0 Å². The van der Waals surface area contributed by atoms with Crippen LogP contribution in [0.5, 0.6) is 0 Å². The lowest BCUT2D eigenvalue weighted by atomic mass is 9.99. The molecule has 0 aliphatic rings. The molecule has 0 aromatic heterocycles. The van der Waals surface area contributed by atoms with Crippen LogP contribution in [0.3, 0.4) is 0 Å². The predicted octanol–water partition coefficient (Wildman–Crippen LogP) is 2.43. The Labute approximate surface area is 76.9 Å². The molecule has 1 unspecified atom stereocenters. The molecular weight excluding hydrogens is 146 g/mol. The molecule has 0 aromatic carbocycles. The van der Waals surface area contributed by atoms with Crippen molar-refractivity contribution in [2.75, 3.05) is 13.1 Å². The third kappa shape index (κ3) is 6.24. The third-order valence-electron chi connectivity index (χ3n) is 2.20. The maximum atomic E-state index is 5.14. The van der Waals surface area contributed by atoms with Gasteiger partial charge in [-0.2, -0.15) is 0 Å². The number of rotatable bonds is 7. The molecule has 0 saturated heterocycles. The van der Waals surface area contributed by atoms with Crippen LogP contribution in [-0.2, 0) is 0 Å². The van der Waals surface area contributed by atoms with Gasteiger partial charge in [-0.25, -0.2) is 0 Å². The van der Waals surface area contributed by atoms with Crippen LogP contribution in [0.25, 0.3) is 0 Å². The standard InChI is InChI=1S/C11H21N/c1-4-7-8-11(6-3)10-12-9-5-2/h2,11-12H,4,6-10H2,1,3H3. The van der Waals surface area contributed by atoms with Gasteiger partial charge in [-0.1, -0.05) is 39.0 Å². The first-order chi connectivity index (χ1) is 5.85. The highest BCUT2D eigenvalue weighted by molar-refractivity contribution is 4.86. The van der Waals surface area contributed by atoms with Crippen molar-refractivity contribution < 1.29 is 0 Å².